The molecule has 78 heavy (non-hydrogen) atoms. The monoisotopic (exact) mass is 1140 g/mol. The molecule has 18 heteroatoms. The second-order valence-electron chi connectivity index (χ2n) is 22.9. The number of hydrogen-bond acceptors (Lipinski definition) is 10. The average molecular weight is 1150 g/mol. The fourth-order valence-electron chi connectivity index (χ4n) is 7.09. The molecule has 420 valence electrons. The second kappa shape index (κ2) is 27.8. The summed E-state index contributed by atoms with van der Waals surface area (Å²) in [4.78, 5) is 49.0. The zero-order valence-corrected chi connectivity index (χ0v) is 51.1. The first-order chi connectivity index (χ1) is 36.3. The van der Waals surface area contributed by atoms with Crippen molar-refractivity contribution in [2.24, 2.45) is 0 Å². The standard InChI is InChI=1S/C20H28ClFN2O2Si.C20H25ClN2O3.C20H23ClN2O2/c1-19(2,3)24-18(25)17(21)16(12-23-24)26-13-14-8-10-15(11-9-14)27(7,22)20(4,5)6;1-5-6-7-16(24)15-10-8-14(9-11-15)13-26-17-12-22-23(20(2,3)4)19(25)18(17)21;1-5-12-25-14-16-8-6-15(7-9-16)10-11-17-13-22-23(20(2,3)4)19(24)18(17)21/h8-12H,13H2,1-7H3;8-12H,5-7,13H2,1-4H3;6-9,13H,5,12,14H2,1-4H3. The van der Waals surface area contributed by atoms with E-state index < -0.39 is 25.0 Å². The van der Waals surface area contributed by atoms with Crippen molar-refractivity contribution in [1.82, 2.24) is 29.3 Å². The summed E-state index contributed by atoms with van der Waals surface area (Å²) in [6, 6.07) is 22.5. The molecule has 1 atom stereocenters. The van der Waals surface area contributed by atoms with E-state index in [0.29, 0.717) is 24.2 Å². The van der Waals surface area contributed by atoms with Crippen LogP contribution in [0.5, 0.6) is 11.5 Å². The summed E-state index contributed by atoms with van der Waals surface area (Å²) in [6.45, 7) is 30.4. The van der Waals surface area contributed by atoms with Crippen LogP contribution < -0.4 is 31.3 Å². The smallest absolute Gasteiger partial charge is 0.289 e. The van der Waals surface area contributed by atoms with E-state index in [4.69, 9.17) is 49.0 Å². The van der Waals surface area contributed by atoms with E-state index in [0.717, 1.165) is 53.3 Å². The van der Waals surface area contributed by atoms with Crippen LogP contribution in [0.3, 0.4) is 0 Å². The number of carbonyl (C=O) groups excluding carboxylic acids is 1. The maximum absolute atomic E-state index is 15.2. The van der Waals surface area contributed by atoms with Crippen molar-refractivity contribution in [2.45, 2.75) is 171 Å². The van der Waals surface area contributed by atoms with E-state index in [1.165, 1.54) is 32.6 Å². The van der Waals surface area contributed by atoms with Crippen LogP contribution in [0.4, 0.5) is 4.11 Å². The Morgan fingerprint density at radius 3 is 1.41 bits per heavy atom. The van der Waals surface area contributed by atoms with Gasteiger partial charge in [-0.05, 0) is 121 Å². The fourth-order valence-corrected chi connectivity index (χ4v) is 9.29. The molecule has 0 saturated heterocycles. The summed E-state index contributed by atoms with van der Waals surface area (Å²) in [5.41, 5.74) is 2.38. The van der Waals surface area contributed by atoms with Crippen molar-refractivity contribution in [2.75, 3.05) is 6.61 Å². The van der Waals surface area contributed by atoms with Crippen LogP contribution >= 0.6 is 34.8 Å². The number of benzene rings is 3. The van der Waals surface area contributed by atoms with E-state index in [1.807, 2.05) is 144 Å². The number of aromatic nitrogens is 6. The van der Waals surface area contributed by atoms with Gasteiger partial charge in [0.05, 0.1) is 47.4 Å². The molecule has 3 aromatic heterocycles. The average Bonchev–Trinajstić information content (AvgIpc) is 3.37. The van der Waals surface area contributed by atoms with Gasteiger partial charge in [-0.3, -0.25) is 19.2 Å². The van der Waals surface area contributed by atoms with Gasteiger partial charge in [0.25, 0.3) is 25.1 Å². The topological polar surface area (TPSA) is 149 Å². The Labute approximate surface area is 475 Å². The van der Waals surface area contributed by atoms with Gasteiger partial charge in [0.15, 0.2) is 27.3 Å². The lowest BCUT2D eigenvalue weighted by atomic mass is 10.0. The van der Waals surface area contributed by atoms with Gasteiger partial charge in [-0.2, -0.15) is 15.3 Å². The lowest BCUT2D eigenvalue weighted by molar-refractivity contribution is 0.0979. The predicted octanol–water partition coefficient (Wildman–Crippen LogP) is 13.4. The molecule has 0 bridgehead atoms. The van der Waals surface area contributed by atoms with Crippen LogP contribution in [-0.4, -0.2) is 50.1 Å². The number of ketones is 1. The molecule has 13 nitrogen and oxygen atoms in total. The highest BCUT2D eigenvalue weighted by Gasteiger charge is 2.43. The zero-order chi connectivity index (χ0) is 58.4. The Balaban J connectivity index is 0.000000253. The van der Waals surface area contributed by atoms with Gasteiger partial charge in [-0.1, -0.05) is 148 Å². The molecule has 0 aliphatic heterocycles. The van der Waals surface area contributed by atoms with Crippen molar-refractivity contribution >= 4 is 54.2 Å². The Kier molecular flexibility index (Phi) is 23.0. The number of ether oxygens (including phenoxy) is 3. The maximum Gasteiger partial charge on any atom is 0.289 e. The van der Waals surface area contributed by atoms with Gasteiger partial charge in [-0.25, -0.2) is 14.0 Å². The van der Waals surface area contributed by atoms with Gasteiger partial charge in [0, 0.05) is 24.2 Å². The molecule has 0 radical (unpaired) electrons. The molecule has 0 aliphatic rings. The van der Waals surface area contributed by atoms with Gasteiger partial charge >= 0.3 is 0 Å². The summed E-state index contributed by atoms with van der Waals surface area (Å²) in [6.07, 6.45) is 7.92. The Hall–Kier alpha value is -5.89. The van der Waals surface area contributed by atoms with Gasteiger partial charge in [-0.15, -0.1) is 0 Å². The third-order valence-electron chi connectivity index (χ3n) is 12.2. The third-order valence-corrected chi connectivity index (χ3v) is 17.5. The van der Waals surface area contributed by atoms with Crippen molar-refractivity contribution in [3.8, 4) is 23.3 Å². The molecule has 0 saturated carbocycles. The number of nitrogens with zero attached hydrogens (tertiary/aromatic N) is 6. The first kappa shape index (κ1) is 64.6. The SMILES string of the molecule is CC(C)(C)n1ncc(OCc2ccc([Si](C)(F)C(C)(C)C)cc2)c(Cl)c1=O.CCCCC(=O)c1ccc(COc2cnn(C(C)(C)C)c(=O)c2Cl)cc1.CCCOCc1ccc(C#Cc2cnn(C(C)(C)C)c(=O)c2Cl)cc1. The van der Waals surface area contributed by atoms with E-state index >= 15 is 4.11 Å². The summed E-state index contributed by atoms with van der Waals surface area (Å²) in [5.74, 6) is 6.59. The molecular formula is C60H76Cl3FN6O7Si. The number of carbonyl (C=O) groups is 1. The highest BCUT2D eigenvalue weighted by molar-refractivity contribution is 6.87. The minimum atomic E-state index is -3.05. The molecule has 3 aromatic carbocycles. The Bertz CT molecular complexity index is 3210. The van der Waals surface area contributed by atoms with Gasteiger partial charge in [0.2, 0.25) is 0 Å². The van der Waals surface area contributed by atoms with E-state index in [-0.39, 0.29) is 67.3 Å². The molecule has 0 aliphatic carbocycles. The van der Waals surface area contributed by atoms with Crippen LogP contribution in [0.15, 0.2) is 106 Å². The third kappa shape index (κ3) is 18.1. The zero-order valence-electron chi connectivity index (χ0n) is 47.9. The van der Waals surface area contributed by atoms with Crippen molar-refractivity contribution in [1.29, 1.82) is 0 Å². The Morgan fingerprint density at radius 1 is 0.577 bits per heavy atom. The minimum absolute atomic E-state index is 0.00742. The first-order valence-electron chi connectivity index (χ1n) is 26.0. The van der Waals surface area contributed by atoms with Crippen LogP contribution in [0.25, 0.3) is 0 Å². The van der Waals surface area contributed by atoms with Crippen molar-refractivity contribution < 1.29 is 23.1 Å². The lowest BCUT2D eigenvalue weighted by Crippen LogP contribution is -2.48. The Morgan fingerprint density at radius 2 is 0.987 bits per heavy atom. The number of Topliss-reactive ketones (excluding diaryl/α,β-unsaturated/α-hetero) is 1. The molecule has 6 rings (SSSR count). The molecule has 6 aromatic rings. The van der Waals surface area contributed by atoms with Crippen LogP contribution in [0.2, 0.25) is 26.7 Å². The van der Waals surface area contributed by atoms with Crippen LogP contribution in [0.1, 0.15) is 161 Å². The lowest BCUT2D eigenvalue weighted by Gasteiger charge is -2.32. The summed E-state index contributed by atoms with van der Waals surface area (Å²) < 4.78 is 36.0. The van der Waals surface area contributed by atoms with E-state index in [1.54, 1.807) is 18.7 Å². The van der Waals surface area contributed by atoms with Gasteiger partial charge in [0.1, 0.15) is 18.2 Å². The molecule has 0 amide bonds. The quantitative estimate of drug-likeness (QED) is 0.0320. The minimum Gasteiger partial charge on any atom is -0.485 e. The number of rotatable bonds is 15. The first-order valence-corrected chi connectivity index (χ1v) is 29.5. The highest BCUT2D eigenvalue weighted by Crippen LogP contribution is 2.36. The fraction of sp³-hybridized carbons (Fsp3) is 0.450. The molecule has 0 N–H and O–H groups in total. The van der Waals surface area contributed by atoms with Crippen LogP contribution in [0, 0.1) is 11.8 Å². The molecular weight excluding hydrogens is 1070 g/mol. The second-order valence-corrected chi connectivity index (χ2v) is 28.1. The summed E-state index contributed by atoms with van der Waals surface area (Å²) in [5, 5.41) is 13.0. The summed E-state index contributed by atoms with van der Waals surface area (Å²) in [7, 11) is -3.05. The van der Waals surface area contributed by atoms with E-state index in [9.17, 15) is 19.2 Å². The van der Waals surface area contributed by atoms with E-state index in [2.05, 4.69) is 41.0 Å². The maximum atomic E-state index is 15.2. The number of unbranched alkanes of at least 4 members (excludes halogenated alkanes) is 1. The van der Waals surface area contributed by atoms with Crippen molar-refractivity contribution in [3.63, 3.8) is 0 Å². The molecule has 0 fully saturated rings. The largest absolute Gasteiger partial charge is 0.485 e. The summed E-state index contributed by atoms with van der Waals surface area (Å²) >= 11 is 18.5. The number of hydrogen-bond donors (Lipinski definition) is 0. The molecule has 1 unspecified atom stereocenters. The highest BCUT2D eigenvalue weighted by atomic mass is 35.5. The normalized spacial score (nSPS) is 12.4. The molecule has 3 heterocycles. The van der Waals surface area contributed by atoms with Gasteiger partial charge < -0.3 is 18.3 Å². The number of halogens is 4. The predicted molar refractivity (Wildman–Crippen MR) is 315 cm³/mol. The van der Waals surface area contributed by atoms with Crippen molar-refractivity contribution in [3.05, 3.63) is 171 Å². The van der Waals surface area contributed by atoms with Crippen LogP contribution in [-0.2, 0) is 41.2 Å². The molecule has 0 spiro atoms.